The Morgan fingerprint density at radius 2 is 1.66 bits per heavy atom. The highest BCUT2D eigenvalue weighted by molar-refractivity contribution is 5.81. The summed E-state index contributed by atoms with van der Waals surface area (Å²) < 4.78 is 5.73. The first kappa shape index (κ1) is 24.8. The Balaban J connectivity index is 1.41. The van der Waals surface area contributed by atoms with Crippen LogP contribution < -0.4 is 5.32 Å². The minimum atomic E-state index is -0.932. The number of carboxylic acids is 1. The SMILES string of the molecule is CCN(CC(C)C(=O)O)C(=O)CC(C)(NC(=O)OCC1c2ccccc2-c2ccccc21)C1CC1. The van der Waals surface area contributed by atoms with Crippen LogP contribution in [0, 0.1) is 11.8 Å². The second kappa shape index (κ2) is 10.1. The molecule has 0 spiro atoms. The number of rotatable bonds is 10. The van der Waals surface area contributed by atoms with E-state index in [1.807, 2.05) is 38.1 Å². The zero-order chi connectivity index (χ0) is 25.2. The first-order valence-electron chi connectivity index (χ1n) is 12.4. The zero-order valence-electron chi connectivity index (χ0n) is 20.6. The van der Waals surface area contributed by atoms with E-state index < -0.39 is 23.5 Å². The van der Waals surface area contributed by atoms with Gasteiger partial charge in [-0.3, -0.25) is 9.59 Å². The monoisotopic (exact) mass is 478 g/mol. The van der Waals surface area contributed by atoms with Gasteiger partial charge in [-0.15, -0.1) is 0 Å². The Kier molecular flexibility index (Phi) is 7.15. The molecular weight excluding hydrogens is 444 g/mol. The fourth-order valence-electron chi connectivity index (χ4n) is 5.12. The molecule has 0 heterocycles. The van der Waals surface area contributed by atoms with E-state index in [0.29, 0.717) is 6.54 Å². The van der Waals surface area contributed by atoms with Crippen LogP contribution in [0.5, 0.6) is 0 Å². The number of amides is 2. The van der Waals surface area contributed by atoms with Crippen LogP contribution in [0.3, 0.4) is 0 Å². The topological polar surface area (TPSA) is 95.9 Å². The van der Waals surface area contributed by atoms with Gasteiger partial charge in [0, 0.05) is 19.0 Å². The third-order valence-corrected chi connectivity index (χ3v) is 7.38. The molecule has 0 radical (unpaired) electrons. The number of carboxylic acid groups (broad SMARTS) is 1. The number of ether oxygens (including phenoxy) is 1. The standard InChI is InChI=1S/C28H34N2O5/c1-4-30(16-18(2)26(32)33)25(31)15-28(3,19-13-14-19)29-27(34)35-17-24-22-11-7-5-9-20(22)21-10-6-8-12-23(21)24/h5-12,18-19,24H,4,13-17H2,1-3H3,(H,29,34)(H,32,33). The van der Waals surface area contributed by atoms with Gasteiger partial charge in [0.05, 0.1) is 17.9 Å². The molecule has 2 N–H and O–H groups in total. The molecule has 7 heteroatoms. The van der Waals surface area contributed by atoms with E-state index in [4.69, 9.17) is 4.74 Å². The van der Waals surface area contributed by atoms with Crippen molar-refractivity contribution in [2.75, 3.05) is 19.7 Å². The van der Waals surface area contributed by atoms with Crippen LogP contribution in [0.4, 0.5) is 4.79 Å². The van der Waals surface area contributed by atoms with Crippen molar-refractivity contribution in [3.05, 3.63) is 59.7 Å². The maximum absolute atomic E-state index is 13.0. The third-order valence-electron chi connectivity index (χ3n) is 7.38. The lowest BCUT2D eigenvalue weighted by molar-refractivity contribution is -0.143. The van der Waals surface area contributed by atoms with Crippen molar-refractivity contribution in [2.24, 2.45) is 11.8 Å². The average Bonchev–Trinajstić information content (AvgIpc) is 3.65. The summed E-state index contributed by atoms with van der Waals surface area (Å²) >= 11 is 0. The van der Waals surface area contributed by atoms with E-state index in [2.05, 4.69) is 29.6 Å². The number of nitrogens with one attached hydrogen (secondary N) is 1. The molecule has 2 aliphatic carbocycles. The fourth-order valence-corrected chi connectivity index (χ4v) is 5.12. The average molecular weight is 479 g/mol. The summed E-state index contributed by atoms with van der Waals surface area (Å²) in [6.07, 6.45) is 1.45. The van der Waals surface area contributed by atoms with Gasteiger partial charge in [-0.1, -0.05) is 55.5 Å². The van der Waals surface area contributed by atoms with Gasteiger partial charge in [0.25, 0.3) is 0 Å². The summed E-state index contributed by atoms with van der Waals surface area (Å²) in [5.74, 6) is -1.58. The number of carbonyl (C=O) groups is 3. The first-order valence-corrected chi connectivity index (χ1v) is 12.4. The van der Waals surface area contributed by atoms with Gasteiger partial charge < -0.3 is 20.1 Å². The molecule has 0 saturated heterocycles. The minimum absolute atomic E-state index is 0.0324. The Morgan fingerprint density at radius 1 is 1.09 bits per heavy atom. The normalized spacial score (nSPS) is 17.0. The predicted molar refractivity (Wildman–Crippen MR) is 133 cm³/mol. The van der Waals surface area contributed by atoms with Crippen molar-refractivity contribution in [3.63, 3.8) is 0 Å². The van der Waals surface area contributed by atoms with Crippen molar-refractivity contribution in [1.82, 2.24) is 10.2 Å². The van der Waals surface area contributed by atoms with E-state index in [-0.39, 0.29) is 37.3 Å². The molecule has 2 aromatic carbocycles. The van der Waals surface area contributed by atoms with E-state index in [0.717, 1.165) is 24.0 Å². The highest BCUT2D eigenvalue weighted by atomic mass is 16.5. The maximum atomic E-state index is 13.0. The van der Waals surface area contributed by atoms with E-state index in [1.54, 1.807) is 11.8 Å². The molecule has 2 aliphatic rings. The summed E-state index contributed by atoms with van der Waals surface area (Å²) in [6.45, 7) is 6.09. The number of nitrogens with zero attached hydrogens (tertiary/aromatic N) is 1. The van der Waals surface area contributed by atoms with Crippen LogP contribution in [0.1, 0.15) is 57.1 Å². The molecule has 2 aromatic rings. The Bertz CT molecular complexity index is 1070. The summed E-state index contributed by atoms with van der Waals surface area (Å²) in [6, 6.07) is 16.4. The number of aliphatic carboxylic acids is 1. The van der Waals surface area contributed by atoms with Gasteiger partial charge in [0.1, 0.15) is 6.61 Å². The van der Waals surface area contributed by atoms with Crippen LogP contribution in [-0.4, -0.2) is 53.2 Å². The van der Waals surface area contributed by atoms with Gasteiger partial charge in [0.2, 0.25) is 5.91 Å². The van der Waals surface area contributed by atoms with Crippen LogP contribution in [-0.2, 0) is 14.3 Å². The number of fused-ring (bicyclic) bond motifs is 3. The van der Waals surface area contributed by atoms with Gasteiger partial charge in [-0.05, 0) is 54.9 Å². The molecular formula is C28H34N2O5. The quantitative estimate of drug-likeness (QED) is 0.518. The summed E-state index contributed by atoms with van der Waals surface area (Å²) in [5.41, 5.74) is 3.89. The number of carbonyl (C=O) groups excluding carboxylic acids is 2. The van der Waals surface area contributed by atoms with E-state index >= 15 is 0 Å². The Hall–Kier alpha value is -3.35. The van der Waals surface area contributed by atoms with Crippen LogP contribution >= 0.6 is 0 Å². The van der Waals surface area contributed by atoms with Gasteiger partial charge in [-0.2, -0.15) is 0 Å². The highest BCUT2D eigenvalue weighted by Crippen LogP contribution is 2.45. The highest BCUT2D eigenvalue weighted by Gasteiger charge is 2.45. The molecule has 0 bridgehead atoms. The van der Waals surface area contributed by atoms with Gasteiger partial charge in [0.15, 0.2) is 0 Å². The zero-order valence-corrected chi connectivity index (χ0v) is 20.6. The van der Waals surface area contributed by atoms with Crippen LogP contribution in [0.15, 0.2) is 48.5 Å². The lowest BCUT2D eigenvalue weighted by Crippen LogP contribution is -2.52. The summed E-state index contributed by atoms with van der Waals surface area (Å²) in [4.78, 5) is 38.8. The fraction of sp³-hybridized carbons (Fsp3) is 0.464. The molecule has 7 nitrogen and oxygen atoms in total. The molecule has 0 aromatic heterocycles. The smallest absolute Gasteiger partial charge is 0.407 e. The molecule has 2 amide bonds. The van der Waals surface area contributed by atoms with Crippen molar-refractivity contribution in [1.29, 1.82) is 0 Å². The van der Waals surface area contributed by atoms with Crippen LogP contribution in [0.2, 0.25) is 0 Å². The summed E-state index contributed by atoms with van der Waals surface area (Å²) in [7, 11) is 0. The first-order chi connectivity index (χ1) is 16.7. The van der Waals surface area contributed by atoms with Gasteiger partial charge in [-0.25, -0.2) is 4.79 Å². The maximum Gasteiger partial charge on any atom is 0.407 e. The molecule has 2 unspecified atom stereocenters. The number of hydrogen-bond acceptors (Lipinski definition) is 4. The molecule has 35 heavy (non-hydrogen) atoms. The molecule has 1 saturated carbocycles. The van der Waals surface area contributed by atoms with Crippen molar-refractivity contribution in [2.45, 2.75) is 51.5 Å². The number of alkyl carbamates (subject to hydrolysis) is 1. The number of hydrogen-bond donors (Lipinski definition) is 2. The van der Waals surface area contributed by atoms with E-state index in [1.165, 1.54) is 11.1 Å². The predicted octanol–water partition coefficient (Wildman–Crippen LogP) is 4.65. The number of benzene rings is 2. The van der Waals surface area contributed by atoms with Crippen molar-refractivity contribution >= 4 is 18.0 Å². The lowest BCUT2D eigenvalue weighted by atomic mass is 9.91. The third kappa shape index (κ3) is 5.34. The summed E-state index contributed by atoms with van der Waals surface area (Å²) in [5, 5.41) is 12.2. The molecule has 0 aliphatic heterocycles. The van der Waals surface area contributed by atoms with Crippen LogP contribution in [0.25, 0.3) is 11.1 Å². The molecule has 186 valence electrons. The largest absolute Gasteiger partial charge is 0.481 e. The minimum Gasteiger partial charge on any atom is -0.481 e. The van der Waals surface area contributed by atoms with E-state index in [9.17, 15) is 19.5 Å². The lowest BCUT2D eigenvalue weighted by Gasteiger charge is -2.33. The second-order valence-electron chi connectivity index (χ2n) is 9.99. The van der Waals surface area contributed by atoms with Crippen molar-refractivity contribution in [3.8, 4) is 11.1 Å². The van der Waals surface area contributed by atoms with Gasteiger partial charge >= 0.3 is 12.1 Å². The Labute approximate surface area is 206 Å². The van der Waals surface area contributed by atoms with Crippen molar-refractivity contribution < 1.29 is 24.2 Å². The Morgan fingerprint density at radius 3 is 2.17 bits per heavy atom. The molecule has 2 atom stereocenters. The second-order valence-corrected chi connectivity index (χ2v) is 9.99. The molecule has 1 fully saturated rings. The molecule has 4 rings (SSSR count).